The SMILES string of the molecule is Cc1cccc(OCCCC(=O)N2CCCc3c(-c4cnn(Cc5cccc(OC(=O)NCS(=O)(=O)O)c5)c4)cccc32)c1C. The number of aryl methyl sites for hydroxylation is 1. The summed E-state index contributed by atoms with van der Waals surface area (Å²) in [4.78, 5) is 27.1. The average Bonchev–Trinajstić information content (AvgIpc) is 3.47. The molecule has 0 fully saturated rings. The molecular weight excluding hydrogens is 596 g/mol. The Bertz CT molecular complexity index is 1800. The van der Waals surface area contributed by atoms with Crippen LogP contribution in [-0.4, -0.2) is 53.8 Å². The number of benzene rings is 3. The monoisotopic (exact) mass is 632 g/mol. The van der Waals surface area contributed by atoms with E-state index in [4.69, 9.17) is 14.0 Å². The maximum absolute atomic E-state index is 13.3. The van der Waals surface area contributed by atoms with Gasteiger partial charge in [-0.25, -0.2) is 4.79 Å². The molecule has 0 bridgehead atoms. The first-order valence-electron chi connectivity index (χ1n) is 14.7. The summed E-state index contributed by atoms with van der Waals surface area (Å²) in [7, 11) is -4.36. The predicted octanol–water partition coefficient (Wildman–Crippen LogP) is 5.29. The molecule has 1 aromatic heterocycles. The quantitative estimate of drug-likeness (QED) is 0.168. The van der Waals surface area contributed by atoms with Gasteiger partial charge in [0.1, 0.15) is 17.4 Å². The van der Waals surface area contributed by atoms with Crippen LogP contribution in [0.5, 0.6) is 11.5 Å². The largest absolute Gasteiger partial charge is 0.493 e. The van der Waals surface area contributed by atoms with E-state index in [2.05, 4.69) is 18.1 Å². The maximum Gasteiger partial charge on any atom is 0.413 e. The molecule has 5 rings (SSSR count). The number of amides is 2. The average molecular weight is 633 g/mol. The fourth-order valence-electron chi connectivity index (χ4n) is 5.35. The van der Waals surface area contributed by atoms with Crippen LogP contribution in [0.25, 0.3) is 11.1 Å². The fourth-order valence-corrected chi connectivity index (χ4v) is 5.65. The van der Waals surface area contributed by atoms with E-state index in [1.807, 2.05) is 59.7 Å². The standard InChI is InChI=1S/C33H36N4O7S/c1-23-8-3-14-31(24(23)2)43-17-7-15-32(38)37-16-6-12-29-28(11-5-13-30(29)37)26-19-35-36(21-26)20-25-9-4-10-27(18-25)44-33(39)34-22-45(40,41)42/h3-5,8-11,13-14,18-19,21H,6-7,12,15-17,20,22H2,1-2H3,(H,34,39)(H,40,41,42). The third-order valence-electron chi connectivity index (χ3n) is 7.70. The van der Waals surface area contributed by atoms with Crippen LogP contribution in [0.4, 0.5) is 10.5 Å². The molecule has 2 N–H and O–H groups in total. The number of hydrogen-bond acceptors (Lipinski definition) is 7. The number of aromatic nitrogens is 2. The van der Waals surface area contributed by atoms with Gasteiger partial charge >= 0.3 is 6.09 Å². The van der Waals surface area contributed by atoms with Gasteiger partial charge in [-0.1, -0.05) is 36.4 Å². The van der Waals surface area contributed by atoms with Crippen molar-refractivity contribution < 1.29 is 32.0 Å². The summed E-state index contributed by atoms with van der Waals surface area (Å²) in [5.74, 6) is 0.214. The van der Waals surface area contributed by atoms with E-state index < -0.39 is 22.1 Å². The van der Waals surface area contributed by atoms with Gasteiger partial charge in [0.15, 0.2) is 0 Å². The summed E-state index contributed by atoms with van der Waals surface area (Å²) in [6.07, 6.45) is 5.49. The van der Waals surface area contributed by atoms with E-state index in [1.54, 1.807) is 29.1 Å². The number of carbonyl (C=O) groups excluding carboxylic acids is 2. The second-order valence-corrected chi connectivity index (χ2v) is 12.4. The molecule has 2 amide bonds. The Hall–Kier alpha value is -4.68. The minimum atomic E-state index is -4.36. The summed E-state index contributed by atoms with van der Waals surface area (Å²) in [6, 6.07) is 18.8. The Labute approximate surface area is 262 Å². The van der Waals surface area contributed by atoms with E-state index in [0.717, 1.165) is 52.1 Å². The highest BCUT2D eigenvalue weighted by Gasteiger charge is 2.25. The molecule has 0 unspecified atom stereocenters. The first-order valence-corrected chi connectivity index (χ1v) is 16.3. The third-order valence-corrected chi connectivity index (χ3v) is 8.20. The van der Waals surface area contributed by atoms with Crippen molar-refractivity contribution in [2.24, 2.45) is 0 Å². The van der Waals surface area contributed by atoms with Gasteiger partial charge in [-0.15, -0.1) is 0 Å². The van der Waals surface area contributed by atoms with E-state index >= 15 is 0 Å². The van der Waals surface area contributed by atoms with Crippen molar-refractivity contribution in [1.82, 2.24) is 15.1 Å². The lowest BCUT2D eigenvalue weighted by atomic mass is 9.93. The molecule has 0 aliphatic carbocycles. The van der Waals surface area contributed by atoms with Crippen molar-refractivity contribution in [3.63, 3.8) is 0 Å². The first-order chi connectivity index (χ1) is 21.6. The minimum Gasteiger partial charge on any atom is -0.493 e. The normalized spacial score (nSPS) is 12.8. The van der Waals surface area contributed by atoms with Crippen LogP contribution >= 0.6 is 0 Å². The van der Waals surface area contributed by atoms with E-state index in [9.17, 15) is 18.0 Å². The molecule has 11 nitrogen and oxygen atoms in total. The zero-order chi connectivity index (χ0) is 32.0. The van der Waals surface area contributed by atoms with Gasteiger partial charge in [0.05, 0.1) is 19.3 Å². The highest BCUT2D eigenvalue weighted by atomic mass is 32.2. The van der Waals surface area contributed by atoms with Crippen LogP contribution in [0.1, 0.15) is 41.5 Å². The van der Waals surface area contributed by atoms with Gasteiger partial charge in [0, 0.05) is 30.4 Å². The molecule has 0 saturated heterocycles. The molecule has 4 aromatic rings. The number of carbonyl (C=O) groups is 2. The van der Waals surface area contributed by atoms with Gasteiger partial charge in [0.2, 0.25) is 5.91 Å². The molecule has 0 saturated carbocycles. The molecule has 45 heavy (non-hydrogen) atoms. The highest BCUT2D eigenvalue weighted by molar-refractivity contribution is 7.85. The Balaban J connectivity index is 1.21. The number of nitrogens with one attached hydrogen (secondary N) is 1. The van der Waals surface area contributed by atoms with E-state index in [0.29, 0.717) is 32.5 Å². The Morgan fingerprint density at radius 2 is 1.87 bits per heavy atom. The number of ether oxygens (including phenoxy) is 2. The van der Waals surface area contributed by atoms with Crippen LogP contribution in [-0.2, 0) is 27.9 Å². The van der Waals surface area contributed by atoms with Gasteiger partial charge in [-0.2, -0.15) is 13.5 Å². The molecule has 2 heterocycles. The van der Waals surface area contributed by atoms with Crippen LogP contribution in [0, 0.1) is 13.8 Å². The molecule has 12 heteroatoms. The lowest BCUT2D eigenvalue weighted by Gasteiger charge is -2.31. The number of fused-ring (bicyclic) bond motifs is 1. The topological polar surface area (TPSA) is 140 Å². The smallest absolute Gasteiger partial charge is 0.413 e. The Morgan fingerprint density at radius 3 is 2.69 bits per heavy atom. The molecule has 3 aromatic carbocycles. The highest BCUT2D eigenvalue weighted by Crippen LogP contribution is 2.36. The molecule has 1 aliphatic heterocycles. The summed E-state index contributed by atoms with van der Waals surface area (Å²) in [5, 5.41) is 6.50. The van der Waals surface area contributed by atoms with Gasteiger partial charge < -0.3 is 19.7 Å². The van der Waals surface area contributed by atoms with Gasteiger partial charge in [-0.3, -0.25) is 14.0 Å². The van der Waals surface area contributed by atoms with Crippen LogP contribution < -0.4 is 19.7 Å². The molecule has 0 atom stereocenters. The summed E-state index contributed by atoms with van der Waals surface area (Å²) < 4.78 is 43.3. The first kappa shape index (κ1) is 31.7. The van der Waals surface area contributed by atoms with Gasteiger partial charge in [0.25, 0.3) is 10.1 Å². The van der Waals surface area contributed by atoms with Crippen molar-refractivity contribution in [2.75, 3.05) is 23.9 Å². The lowest BCUT2D eigenvalue weighted by Crippen LogP contribution is -2.35. The fraction of sp³-hybridized carbons (Fsp3) is 0.303. The summed E-state index contributed by atoms with van der Waals surface area (Å²) in [6.45, 7) is 5.65. The lowest BCUT2D eigenvalue weighted by molar-refractivity contribution is -0.118. The van der Waals surface area contributed by atoms with Crippen molar-refractivity contribution in [1.29, 1.82) is 0 Å². The molecule has 236 valence electrons. The second-order valence-electron chi connectivity index (χ2n) is 11.0. The third kappa shape index (κ3) is 8.28. The van der Waals surface area contributed by atoms with E-state index in [1.165, 1.54) is 5.56 Å². The van der Waals surface area contributed by atoms with Crippen LogP contribution in [0.3, 0.4) is 0 Å². The van der Waals surface area contributed by atoms with Crippen molar-refractivity contribution in [3.05, 3.63) is 95.3 Å². The second kappa shape index (κ2) is 14.0. The summed E-state index contributed by atoms with van der Waals surface area (Å²) in [5.41, 5.74) is 7.12. The molecule has 0 radical (unpaired) electrons. The van der Waals surface area contributed by atoms with Crippen molar-refractivity contribution in [3.8, 4) is 22.6 Å². The van der Waals surface area contributed by atoms with Crippen LogP contribution in [0.2, 0.25) is 0 Å². The zero-order valence-electron chi connectivity index (χ0n) is 25.2. The number of rotatable bonds is 11. The van der Waals surface area contributed by atoms with Crippen molar-refractivity contribution in [2.45, 2.75) is 46.1 Å². The molecule has 0 spiro atoms. The van der Waals surface area contributed by atoms with Crippen molar-refractivity contribution >= 4 is 27.8 Å². The number of hydrogen-bond donors (Lipinski definition) is 2. The summed E-state index contributed by atoms with van der Waals surface area (Å²) >= 11 is 0. The Morgan fingerprint density at radius 1 is 1.07 bits per heavy atom. The van der Waals surface area contributed by atoms with E-state index in [-0.39, 0.29) is 11.7 Å². The number of nitrogens with zero attached hydrogens (tertiary/aromatic N) is 3. The predicted molar refractivity (Wildman–Crippen MR) is 170 cm³/mol. The maximum atomic E-state index is 13.3. The zero-order valence-corrected chi connectivity index (χ0v) is 26.0. The van der Waals surface area contributed by atoms with Gasteiger partial charge in [-0.05, 0) is 85.2 Å². The molecule has 1 aliphatic rings. The molecular formula is C33H36N4O7S. The number of anilines is 1. The Kier molecular flexibility index (Phi) is 9.84. The minimum absolute atomic E-state index is 0.0853. The van der Waals surface area contributed by atoms with Crippen LogP contribution in [0.15, 0.2) is 73.1 Å².